The first-order valence-electron chi connectivity index (χ1n) is 5.95. The van der Waals surface area contributed by atoms with Crippen LogP contribution in [0.3, 0.4) is 0 Å². The number of aliphatic hydroxyl groups excluding tert-OH is 1. The van der Waals surface area contributed by atoms with Gasteiger partial charge in [-0.15, -0.1) is 0 Å². The fourth-order valence-corrected chi connectivity index (χ4v) is 1.74. The highest BCUT2D eigenvalue weighted by molar-refractivity contribution is 5.86. The number of aliphatic hydroxyl groups is 1. The van der Waals surface area contributed by atoms with Crippen LogP contribution in [0.5, 0.6) is 0 Å². The van der Waals surface area contributed by atoms with Gasteiger partial charge in [0.25, 0.3) is 0 Å². The first-order valence-corrected chi connectivity index (χ1v) is 5.95. The van der Waals surface area contributed by atoms with E-state index in [0.29, 0.717) is 18.6 Å². The normalized spacial score (nSPS) is 12.1. The van der Waals surface area contributed by atoms with Crippen LogP contribution in [-0.4, -0.2) is 23.2 Å². The van der Waals surface area contributed by atoms with Crippen LogP contribution in [0, 0.1) is 0 Å². The van der Waals surface area contributed by atoms with Gasteiger partial charge in [-0.2, -0.15) is 0 Å². The van der Waals surface area contributed by atoms with Gasteiger partial charge in [0.2, 0.25) is 5.76 Å². The number of pyridine rings is 1. The average Bonchev–Trinajstić information content (AvgIpc) is 2.95. The highest BCUT2D eigenvalue weighted by Crippen LogP contribution is 2.21. The van der Waals surface area contributed by atoms with Crippen molar-refractivity contribution in [2.24, 2.45) is 0 Å². The number of rotatable bonds is 5. The lowest BCUT2D eigenvalue weighted by molar-refractivity contribution is 0.0553. The minimum absolute atomic E-state index is 0.0976. The number of hydrogen-bond donors (Lipinski definition) is 1. The van der Waals surface area contributed by atoms with Gasteiger partial charge in [-0.25, -0.2) is 4.79 Å². The molecule has 1 atom stereocenters. The van der Waals surface area contributed by atoms with Crippen LogP contribution in [0.1, 0.15) is 34.4 Å². The van der Waals surface area contributed by atoms with E-state index in [9.17, 15) is 9.90 Å². The number of aromatic nitrogens is 1. The summed E-state index contributed by atoms with van der Waals surface area (Å²) in [6.45, 7) is 0. The molecule has 0 saturated carbocycles. The van der Waals surface area contributed by atoms with E-state index in [1.165, 1.54) is 13.2 Å². The Morgan fingerprint density at radius 1 is 1.37 bits per heavy atom. The first kappa shape index (κ1) is 13.3. The quantitative estimate of drug-likeness (QED) is 0.835. The van der Waals surface area contributed by atoms with Crippen LogP contribution in [0.15, 0.2) is 41.1 Å². The molecule has 0 fully saturated rings. The second-order valence-corrected chi connectivity index (χ2v) is 4.10. The van der Waals surface area contributed by atoms with Crippen molar-refractivity contribution in [3.8, 4) is 0 Å². The fraction of sp³-hybridized carbons (Fsp3) is 0.286. The summed E-state index contributed by atoms with van der Waals surface area (Å²) in [4.78, 5) is 15.2. The molecular weight excluding hydrogens is 246 g/mol. The summed E-state index contributed by atoms with van der Waals surface area (Å²) in [6.07, 6.45) is 3.90. The zero-order valence-electron chi connectivity index (χ0n) is 10.6. The van der Waals surface area contributed by atoms with Crippen LogP contribution < -0.4 is 0 Å². The van der Waals surface area contributed by atoms with Gasteiger partial charge in [0.15, 0.2) is 0 Å². The van der Waals surface area contributed by atoms with Gasteiger partial charge < -0.3 is 14.3 Å². The fourth-order valence-electron chi connectivity index (χ4n) is 1.74. The van der Waals surface area contributed by atoms with E-state index in [4.69, 9.17) is 4.42 Å². The number of furan rings is 1. The maximum absolute atomic E-state index is 11.2. The molecule has 2 rings (SSSR count). The van der Waals surface area contributed by atoms with Crippen LogP contribution in [0.2, 0.25) is 0 Å². The molecule has 2 heterocycles. The summed E-state index contributed by atoms with van der Waals surface area (Å²) in [6, 6.07) is 6.88. The predicted molar refractivity (Wildman–Crippen MR) is 67.6 cm³/mol. The lowest BCUT2D eigenvalue weighted by Crippen LogP contribution is -2.00. The number of methoxy groups -OCH3 is 1. The molecule has 0 aromatic carbocycles. The lowest BCUT2D eigenvalue weighted by Gasteiger charge is -2.07. The van der Waals surface area contributed by atoms with E-state index < -0.39 is 12.1 Å². The van der Waals surface area contributed by atoms with Gasteiger partial charge in [0.1, 0.15) is 11.9 Å². The van der Waals surface area contributed by atoms with Crippen molar-refractivity contribution in [3.63, 3.8) is 0 Å². The number of carbonyl (C=O) groups excluding carboxylic acids is 1. The van der Waals surface area contributed by atoms with Crippen molar-refractivity contribution in [1.82, 2.24) is 4.98 Å². The van der Waals surface area contributed by atoms with Gasteiger partial charge in [0.05, 0.1) is 7.11 Å². The summed E-state index contributed by atoms with van der Waals surface area (Å²) in [5.74, 6) is -0.0810. The van der Waals surface area contributed by atoms with E-state index in [2.05, 4.69) is 9.72 Å². The molecule has 2 aromatic rings. The number of carbonyl (C=O) groups is 1. The maximum Gasteiger partial charge on any atom is 0.373 e. The third kappa shape index (κ3) is 3.42. The van der Waals surface area contributed by atoms with Crippen LogP contribution >= 0.6 is 0 Å². The Morgan fingerprint density at radius 3 is 2.79 bits per heavy atom. The summed E-state index contributed by atoms with van der Waals surface area (Å²) in [5.41, 5.74) is 1.09. The maximum atomic E-state index is 11.2. The molecule has 0 bridgehead atoms. The Hall–Kier alpha value is -2.14. The third-order valence-electron chi connectivity index (χ3n) is 2.80. The standard InChI is InChI=1S/C14H15NO4/c1-18-14(17)13-5-4-12(19-13)11(16)3-2-10-6-8-15-9-7-10/h4-9,11,16H,2-3H2,1H3. The zero-order chi connectivity index (χ0) is 13.7. The van der Waals surface area contributed by atoms with E-state index >= 15 is 0 Å². The molecule has 0 amide bonds. The summed E-state index contributed by atoms with van der Waals surface area (Å²) in [5, 5.41) is 9.99. The van der Waals surface area contributed by atoms with Crippen molar-refractivity contribution >= 4 is 5.97 Å². The predicted octanol–water partition coefficient (Wildman–Crippen LogP) is 2.13. The molecule has 100 valence electrons. The second kappa shape index (κ2) is 6.15. The van der Waals surface area contributed by atoms with Gasteiger partial charge >= 0.3 is 5.97 Å². The van der Waals surface area contributed by atoms with Gasteiger partial charge in [-0.3, -0.25) is 4.98 Å². The van der Waals surface area contributed by atoms with Crippen molar-refractivity contribution in [2.45, 2.75) is 18.9 Å². The van der Waals surface area contributed by atoms with E-state index in [1.54, 1.807) is 18.5 Å². The summed E-state index contributed by atoms with van der Waals surface area (Å²) >= 11 is 0. The van der Waals surface area contributed by atoms with Crippen LogP contribution in [0.4, 0.5) is 0 Å². The largest absolute Gasteiger partial charge is 0.463 e. The Labute approximate surface area is 110 Å². The molecule has 5 heteroatoms. The monoisotopic (exact) mass is 261 g/mol. The molecule has 0 aliphatic rings. The summed E-state index contributed by atoms with van der Waals surface area (Å²) in [7, 11) is 1.28. The number of nitrogens with zero attached hydrogens (tertiary/aromatic N) is 1. The molecular formula is C14H15NO4. The second-order valence-electron chi connectivity index (χ2n) is 4.10. The van der Waals surface area contributed by atoms with Crippen molar-refractivity contribution in [1.29, 1.82) is 0 Å². The van der Waals surface area contributed by atoms with E-state index in [0.717, 1.165) is 5.56 Å². The van der Waals surface area contributed by atoms with Gasteiger partial charge in [0, 0.05) is 12.4 Å². The molecule has 19 heavy (non-hydrogen) atoms. The third-order valence-corrected chi connectivity index (χ3v) is 2.80. The highest BCUT2D eigenvalue weighted by atomic mass is 16.5. The summed E-state index contributed by atoms with van der Waals surface area (Å²) < 4.78 is 9.79. The van der Waals surface area contributed by atoms with Crippen molar-refractivity contribution < 1.29 is 19.1 Å². The molecule has 2 aromatic heterocycles. The molecule has 1 unspecified atom stereocenters. The van der Waals surface area contributed by atoms with Crippen LogP contribution in [-0.2, 0) is 11.2 Å². The molecule has 0 aliphatic carbocycles. The average molecular weight is 261 g/mol. The Kier molecular flexibility index (Phi) is 4.30. The Balaban J connectivity index is 1.94. The van der Waals surface area contributed by atoms with Crippen molar-refractivity contribution in [3.05, 3.63) is 53.7 Å². The Morgan fingerprint density at radius 2 is 2.11 bits per heavy atom. The van der Waals surface area contributed by atoms with E-state index in [1.807, 2.05) is 12.1 Å². The number of aryl methyl sites for hydroxylation is 1. The number of esters is 1. The molecule has 1 N–H and O–H groups in total. The lowest BCUT2D eigenvalue weighted by atomic mass is 10.1. The van der Waals surface area contributed by atoms with Crippen LogP contribution in [0.25, 0.3) is 0 Å². The molecule has 0 radical (unpaired) electrons. The van der Waals surface area contributed by atoms with E-state index in [-0.39, 0.29) is 5.76 Å². The number of hydrogen-bond acceptors (Lipinski definition) is 5. The molecule has 0 aliphatic heterocycles. The molecule has 5 nitrogen and oxygen atoms in total. The molecule has 0 spiro atoms. The topological polar surface area (TPSA) is 72.6 Å². The first-order chi connectivity index (χ1) is 9.20. The molecule has 0 saturated heterocycles. The smallest absolute Gasteiger partial charge is 0.373 e. The minimum atomic E-state index is -0.744. The zero-order valence-corrected chi connectivity index (χ0v) is 10.6. The van der Waals surface area contributed by atoms with Crippen molar-refractivity contribution in [2.75, 3.05) is 7.11 Å². The highest BCUT2D eigenvalue weighted by Gasteiger charge is 2.16. The number of ether oxygens (including phenoxy) is 1. The SMILES string of the molecule is COC(=O)c1ccc(C(O)CCc2ccncc2)o1. The van der Waals surface area contributed by atoms with Gasteiger partial charge in [-0.05, 0) is 42.7 Å². The van der Waals surface area contributed by atoms with Gasteiger partial charge in [-0.1, -0.05) is 0 Å². The Bertz CT molecular complexity index is 535. The minimum Gasteiger partial charge on any atom is -0.463 e.